The second kappa shape index (κ2) is 6.19. The molecule has 1 aromatic heterocycles. The van der Waals surface area contributed by atoms with Crippen molar-refractivity contribution in [3.05, 3.63) is 39.5 Å². The summed E-state index contributed by atoms with van der Waals surface area (Å²) in [5.41, 5.74) is 2.99. The lowest BCUT2D eigenvalue weighted by Gasteiger charge is -2.15. The SMILES string of the molecule is Cc1nn(C)c(Oc2ccc(Br)cc2C(C)C)c1CCl. The third kappa shape index (κ3) is 3.01. The van der Waals surface area contributed by atoms with Gasteiger partial charge in [0.1, 0.15) is 5.75 Å². The van der Waals surface area contributed by atoms with Crippen molar-refractivity contribution in [3.63, 3.8) is 0 Å². The maximum Gasteiger partial charge on any atom is 0.222 e. The van der Waals surface area contributed by atoms with Crippen LogP contribution in [0.25, 0.3) is 0 Å². The smallest absolute Gasteiger partial charge is 0.222 e. The van der Waals surface area contributed by atoms with Crippen LogP contribution in [0.5, 0.6) is 11.6 Å². The highest BCUT2D eigenvalue weighted by Gasteiger charge is 2.17. The summed E-state index contributed by atoms with van der Waals surface area (Å²) in [6.07, 6.45) is 0. The molecule has 3 nitrogen and oxygen atoms in total. The van der Waals surface area contributed by atoms with E-state index < -0.39 is 0 Å². The predicted octanol–water partition coefficient (Wildman–Crippen LogP) is 5.15. The van der Waals surface area contributed by atoms with Crippen LogP contribution >= 0.6 is 27.5 Å². The molecule has 0 aliphatic carbocycles. The zero-order chi connectivity index (χ0) is 14.9. The van der Waals surface area contributed by atoms with Crippen LogP contribution in [0, 0.1) is 6.92 Å². The molecule has 0 aliphatic heterocycles. The molecule has 0 atom stereocenters. The van der Waals surface area contributed by atoms with Crippen LogP contribution in [0.4, 0.5) is 0 Å². The molecule has 0 amide bonds. The maximum absolute atomic E-state index is 6.09. The largest absolute Gasteiger partial charge is 0.439 e. The second-order valence-corrected chi connectivity index (χ2v) is 6.25. The quantitative estimate of drug-likeness (QED) is 0.708. The van der Waals surface area contributed by atoms with Crippen LogP contribution in [0.1, 0.15) is 36.6 Å². The number of halogens is 2. The van der Waals surface area contributed by atoms with Crippen LogP contribution in [0.15, 0.2) is 22.7 Å². The minimum Gasteiger partial charge on any atom is -0.439 e. The van der Waals surface area contributed by atoms with E-state index in [1.54, 1.807) is 4.68 Å². The molecule has 0 saturated heterocycles. The van der Waals surface area contributed by atoms with Crippen LogP contribution in [0.3, 0.4) is 0 Å². The lowest BCUT2D eigenvalue weighted by molar-refractivity contribution is 0.421. The van der Waals surface area contributed by atoms with E-state index in [0.717, 1.165) is 27.0 Å². The Balaban J connectivity index is 2.45. The molecule has 0 radical (unpaired) electrons. The molecule has 0 spiro atoms. The summed E-state index contributed by atoms with van der Waals surface area (Å²) in [5.74, 6) is 2.32. The van der Waals surface area contributed by atoms with Crippen LogP contribution in [0.2, 0.25) is 0 Å². The Labute approximate surface area is 133 Å². The molecule has 108 valence electrons. The number of benzene rings is 1. The minimum atomic E-state index is 0.372. The summed E-state index contributed by atoms with van der Waals surface area (Å²) in [5, 5.41) is 4.37. The number of rotatable bonds is 4. The topological polar surface area (TPSA) is 27.1 Å². The van der Waals surface area contributed by atoms with Crippen molar-refractivity contribution >= 4 is 27.5 Å². The lowest BCUT2D eigenvalue weighted by atomic mass is 10.0. The Hall–Kier alpha value is -1.000. The average Bonchev–Trinajstić information content (AvgIpc) is 2.65. The first-order valence-corrected chi connectivity index (χ1v) is 7.82. The number of hydrogen-bond donors (Lipinski definition) is 0. The Morgan fingerprint density at radius 3 is 2.70 bits per heavy atom. The van der Waals surface area contributed by atoms with Crippen LogP contribution in [-0.4, -0.2) is 9.78 Å². The number of hydrogen-bond acceptors (Lipinski definition) is 2. The van der Waals surface area contributed by atoms with E-state index in [0.29, 0.717) is 17.7 Å². The van der Waals surface area contributed by atoms with Gasteiger partial charge in [0.2, 0.25) is 5.88 Å². The van der Waals surface area contributed by atoms with Gasteiger partial charge in [0, 0.05) is 11.5 Å². The van der Waals surface area contributed by atoms with Crippen LogP contribution in [-0.2, 0) is 12.9 Å². The monoisotopic (exact) mass is 356 g/mol. The van der Waals surface area contributed by atoms with E-state index in [4.69, 9.17) is 16.3 Å². The first-order valence-electron chi connectivity index (χ1n) is 6.49. The lowest BCUT2D eigenvalue weighted by Crippen LogP contribution is -2.00. The van der Waals surface area contributed by atoms with Gasteiger partial charge in [0.15, 0.2) is 0 Å². The van der Waals surface area contributed by atoms with Crippen LogP contribution < -0.4 is 4.74 Å². The number of aromatic nitrogens is 2. The van der Waals surface area contributed by atoms with Gasteiger partial charge in [-0.15, -0.1) is 11.6 Å². The van der Waals surface area contributed by atoms with Crippen molar-refractivity contribution < 1.29 is 4.74 Å². The van der Waals surface area contributed by atoms with Gasteiger partial charge in [-0.2, -0.15) is 5.10 Å². The Bertz CT molecular complexity index is 623. The van der Waals surface area contributed by atoms with Crippen molar-refractivity contribution in [2.24, 2.45) is 7.05 Å². The highest BCUT2D eigenvalue weighted by Crippen LogP contribution is 2.35. The van der Waals surface area contributed by atoms with Gasteiger partial charge in [-0.05, 0) is 36.6 Å². The highest BCUT2D eigenvalue weighted by atomic mass is 79.9. The molecule has 0 unspecified atom stereocenters. The fourth-order valence-electron chi connectivity index (χ4n) is 2.13. The fourth-order valence-corrected chi connectivity index (χ4v) is 2.82. The summed E-state index contributed by atoms with van der Waals surface area (Å²) in [6.45, 7) is 6.23. The second-order valence-electron chi connectivity index (χ2n) is 5.07. The number of alkyl halides is 1. The predicted molar refractivity (Wildman–Crippen MR) is 85.8 cm³/mol. The van der Waals surface area contributed by atoms with Gasteiger partial charge in [-0.1, -0.05) is 29.8 Å². The van der Waals surface area contributed by atoms with E-state index in [2.05, 4.69) is 40.9 Å². The Morgan fingerprint density at radius 1 is 1.40 bits per heavy atom. The number of ether oxygens (including phenoxy) is 1. The molecule has 2 aromatic rings. The summed E-state index contributed by atoms with van der Waals surface area (Å²) in [4.78, 5) is 0. The van der Waals surface area contributed by atoms with E-state index in [1.807, 2.05) is 26.1 Å². The molecule has 5 heteroatoms. The van der Waals surface area contributed by atoms with E-state index in [1.165, 1.54) is 0 Å². The first-order chi connectivity index (χ1) is 9.43. The van der Waals surface area contributed by atoms with Crippen molar-refractivity contribution in [3.8, 4) is 11.6 Å². The standard InChI is InChI=1S/C15H18BrClN2O/c1-9(2)12-7-11(16)5-6-14(12)20-15-13(8-17)10(3)18-19(15)4/h5-7,9H,8H2,1-4H3. The van der Waals surface area contributed by atoms with Crippen molar-refractivity contribution in [1.29, 1.82) is 0 Å². The highest BCUT2D eigenvalue weighted by molar-refractivity contribution is 9.10. The molecule has 0 aliphatic rings. The first kappa shape index (κ1) is 15.4. The van der Waals surface area contributed by atoms with Gasteiger partial charge in [-0.25, -0.2) is 4.68 Å². The third-order valence-corrected chi connectivity index (χ3v) is 3.98. The van der Waals surface area contributed by atoms with Crippen molar-refractivity contribution in [1.82, 2.24) is 9.78 Å². The maximum atomic E-state index is 6.09. The van der Waals surface area contributed by atoms with E-state index >= 15 is 0 Å². The normalized spacial score (nSPS) is 11.2. The number of aryl methyl sites for hydroxylation is 2. The van der Waals surface area contributed by atoms with Gasteiger partial charge in [0.05, 0.1) is 17.1 Å². The molecule has 0 bridgehead atoms. The molecule has 0 N–H and O–H groups in total. The van der Waals surface area contributed by atoms with Gasteiger partial charge in [-0.3, -0.25) is 0 Å². The zero-order valence-corrected chi connectivity index (χ0v) is 14.4. The van der Waals surface area contributed by atoms with Gasteiger partial charge < -0.3 is 4.74 Å². The van der Waals surface area contributed by atoms with Gasteiger partial charge >= 0.3 is 0 Å². The summed E-state index contributed by atoms with van der Waals surface area (Å²) in [7, 11) is 1.87. The molecular weight excluding hydrogens is 340 g/mol. The minimum absolute atomic E-state index is 0.372. The zero-order valence-electron chi connectivity index (χ0n) is 12.1. The number of nitrogens with zero attached hydrogens (tertiary/aromatic N) is 2. The summed E-state index contributed by atoms with van der Waals surface area (Å²) < 4.78 is 8.88. The van der Waals surface area contributed by atoms with E-state index in [-0.39, 0.29) is 0 Å². The molecule has 1 aromatic carbocycles. The fraction of sp³-hybridized carbons (Fsp3) is 0.400. The molecule has 0 saturated carbocycles. The third-order valence-electron chi connectivity index (χ3n) is 3.22. The molecule has 2 rings (SSSR count). The average molecular weight is 358 g/mol. The van der Waals surface area contributed by atoms with Crippen molar-refractivity contribution in [2.75, 3.05) is 0 Å². The van der Waals surface area contributed by atoms with Gasteiger partial charge in [0.25, 0.3) is 0 Å². The Kier molecular flexibility index (Phi) is 4.76. The summed E-state index contributed by atoms with van der Waals surface area (Å²) in [6, 6.07) is 6.04. The van der Waals surface area contributed by atoms with Crippen molar-refractivity contribution in [2.45, 2.75) is 32.6 Å². The Morgan fingerprint density at radius 2 is 2.10 bits per heavy atom. The molecule has 0 fully saturated rings. The molecule has 20 heavy (non-hydrogen) atoms. The molecular formula is C15H18BrClN2O. The molecule has 1 heterocycles. The van der Waals surface area contributed by atoms with E-state index in [9.17, 15) is 0 Å². The summed E-state index contributed by atoms with van der Waals surface area (Å²) >= 11 is 9.51.